The van der Waals surface area contributed by atoms with Gasteiger partial charge >= 0.3 is 6.03 Å². The number of hydrogen-bond donors (Lipinski definition) is 3. The summed E-state index contributed by atoms with van der Waals surface area (Å²) in [6.45, 7) is 4.79. The van der Waals surface area contributed by atoms with E-state index >= 15 is 0 Å². The van der Waals surface area contributed by atoms with Crippen LogP contribution in [-0.2, 0) is 10.0 Å². The molecule has 1 unspecified atom stereocenters. The number of piperidine rings is 1. The summed E-state index contributed by atoms with van der Waals surface area (Å²) in [5, 5.41) is 5.85. The van der Waals surface area contributed by atoms with Crippen LogP contribution in [0.4, 0.5) is 10.5 Å². The molecule has 1 aliphatic rings. The highest BCUT2D eigenvalue weighted by atomic mass is 32.2. The molecule has 0 saturated carbocycles. The molecule has 0 spiro atoms. The number of nitrogens with zero attached hydrogens (tertiary/aromatic N) is 1. The van der Waals surface area contributed by atoms with Crippen molar-refractivity contribution >= 4 is 27.6 Å². The van der Waals surface area contributed by atoms with Gasteiger partial charge < -0.3 is 15.5 Å². The number of nitrogens with one attached hydrogen (secondary N) is 3. The first kappa shape index (κ1) is 23.7. The molecule has 1 fully saturated rings. The van der Waals surface area contributed by atoms with E-state index in [4.69, 9.17) is 0 Å². The maximum Gasteiger partial charge on any atom is 0.321 e. The van der Waals surface area contributed by atoms with E-state index in [9.17, 15) is 18.0 Å². The third kappa shape index (κ3) is 6.30. The number of carbonyl (C=O) groups excluding carboxylic acids is 2. The lowest BCUT2D eigenvalue weighted by Gasteiger charge is -2.32. The Labute approximate surface area is 189 Å². The molecule has 9 heteroatoms. The average molecular weight is 459 g/mol. The number of hydrogen-bond acceptors (Lipinski definition) is 4. The lowest BCUT2D eigenvalue weighted by Crippen LogP contribution is -2.47. The number of likely N-dealkylation sites (tertiary alicyclic amines) is 1. The molecule has 1 heterocycles. The number of anilines is 1. The number of benzene rings is 2. The highest BCUT2D eigenvalue weighted by Gasteiger charge is 2.24. The highest BCUT2D eigenvalue weighted by molar-refractivity contribution is 7.89. The first-order valence-corrected chi connectivity index (χ1v) is 12.3. The van der Waals surface area contributed by atoms with Crippen molar-refractivity contribution in [2.45, 2.75) is 50.1 Å². The molecule has 1 aliphatic heterocycles. The minimum atomic E-state index is -3.60. The first-order chi connectivity index (χ1) is 15.3. The summed E-state index contributed by atoms with van der Waals surface area (Å²) >= 11 is 0. The van der Waals surface area contributed by atoms with Crippen LogP contribution in [0.25, 0.3) is 0 Å². The van der Waals surface area contributed by atoms with E-state index in [1.54, 1.807) is 11.8 Å². The van der Waals surface area contributed by atoms with Gasteiger partial charge in [0.25, 0.3) is 5.91 Å². The second-order valence-corrected chi connectivity index (χ2v) is 9.70. The molecular weight excluding hydrogens is 428 g/mol. The summed E-state index contributed by atoms with van der Waals surface area (Å²) in [6, 6.07) is 14.8. The minimum Gasteiger partial charge on any atom is -0.349 e. The van der Waals surface area contributed by atoms with Gasteiger partial charge in [-0.2, -0.15) is 0 Å². The van der Waals surface area contributed by atoms with Crippen LogP contribution in [0.3, 0.4) is 0 Å². The summed E-state index contributed by atoms with van der Waals surface area (Å²) in [5.74, 6) is -0.254. The molecule has 32 heavy (non-hydrogen) atoms. The van der Waals surface area contributed by atoms with Crippen LogP contribution in [0.5, 0.6) is 0 Å². The fraction of sp³-hybridized carbons (Fsp3) is 0.391. The van der Waals surface area contributed by atoms with Gasteiger partial charge in [0, 0.05) is 36.4 Å². The summed E-state index contributed by atoms with van der Waals surface area (Å²) in [7, 11) is -3.60. The molecule has 0 aliphatic carbocycles. The van der Waals surface area contributed by atoms with Crippen molar-refractivity contribution in [2.24, 2.45) is 0 Å². The van der Waals surface area contributed by atoms with Gasteiger partial charge in [-0.1, -0.05) is 25.1 Å². The minimum absolute atomic E-state index is 0.0428. The van der Waals surface area contributed by atoms with Gasteiger partial charge in [-0.15, -0.1) is 0 Å². The first-order valence-electron chi connectivity index (χ1n) is 10.8. The standard InChI is InChI=1S/C23H30N4O4S/c1-3-17(2)26-32(30,31)21-11-9-18(10-12-21)22(28)24-20-13-15-27(16-14-20)23(29)25-19-7-5-4-6-8-19/h4-12,17,20,26H,3,13-16H2,1-2H3,(H,24,28)(H,25,29). The number of amides is 3. The van der Waals surface area contributed by atoms with Crippen LogP contribution in [0.2, 0.25) is 0 Å². The SMILES string of the molecule is CCC(C)NS(=O)(=O)c1ccc(C(=O)NC2CCN(C(=O)Nc3ccccc3)CC2)cc1. The lowest BCUT2D eigenvalue weighted by atomic mass is 10.0. The monoisotopic (exact) mass is 458 g/mol. The molecule has 0 radical (unpaired) electrons. The number of para-hydroxylation sites is 1. The van der Waals surface area contributed by atoms with Gasteiger partial charge in [-0.05, 0) is 62.6 Å². The summed E-state index contributed by atoms with van der Waals surface area (Å²) < 4.78 is 27.3. The molecule has 1 atom stereocenters. The quantitative estimate of drug-likeness (QED) is 0.592. The van der Waals surface area contributed by atoms with E-state index < -0.39 is 10.0 Å². The fourth-order valence-corrected chi connectivity index (χ4v) is 4.75. The molecule has 3 rings (SSSR count). The van der Waals surface area contributed by atoms with Crippen LogP contribution in [-0.4, -0.2) is 50.4 Å². The van der Waals surface area contributed by atoms with E-state index in [1.807, 2.05) is 37.3 Å². The van der Waals surface area contributed by atoms with E-state index in [0.717, 1.165) is 5.69 Å². The molecule has 3 amide bonds. The Bertz CT molecular complexity index is 1020. The Kier molecular flexibility index (Phi) is 7.87. The van der Waals surface area contributed by atoms with Gasteiger partial charge in [0.05, 0.1) is 4.90 Å². The lowest BCUT2D eigenvalue weighted by molar-refractivity contribution is 0.0919. The zero-order valence-corrected chi connectivity index (χ0v) is 19.2. The maximum absolute atomic E-state index is 12.6. The van der Waals surface area contributed by atoms with Crippen molar-refractivity contribution in [1.29, 1.82) is 0 Å². The van der Waals surface area contributed by atoms with Crippen molar-refractivity contribution in [3.63, 3.8) is 0 Å². The van der Waals surface area contributed by atoms with Crippen LogP contribution in [0.1, 0.15) is 43.5 Å². The molecule has 172 valence electrons. The van der Waals surface area contributed by atoms with Gasteiger partial charge in [-0.3, -0.25) is 4.79 Å². The number of sulfonamides is 1. The van der Waals surface area contributed by atoms with Gasteiger partial charge in [0.15, 0.2) is 0 Å². The maximum atomic E-state index is 12.6. The smallest absolute Gasteiger partial charge is 0.321 e. The summed E-state index contributed by atoms with van der Waals surface area (Å²) in [6.07, 6.45) is 1.99. The van der Waals surface area contributed by atoms with Gasteiger partial charge in [0.2, 0.25) is 10.0 Å². The number of rotatable bonds is 7. The molecule has 8 nitrogen and oxygen atoms in total. The van der Waals surface area contributed by atoms with E-state index in [-0.39, 0.29) is 28.9 Å². The molecule has 0 aromatic heterocycles. The van der Waals surface area contributed by atoms with Crippen LogP contribution in [0, 0.1) is 0 Å². The Hall–Kier alpha value is -2.91. The van der Waals surface area contributed by atoms with E-state index in [2.05, 4.69) is 15.4 Å². The van der Waals surface area contributed by atoms with Gasteiger partial charge in [-0.25, -0.2) is 17.9 Å². The predicted molar refractivity (Wildman–Crippen MR) is 124 cm³/mol. The van der Waals surface area contributed by atoms with Crippen molar-refractivity contribution in [3.8, 4) is 0 Å². The van der Waals surface area contributed by atoms with Crippen molar-refractivity contribution in [1.82, 2.24) is 14.9 Å². The highest BCUT2D eigenvalue weighted by Crippen LogP contribution is 2.15. The number of carbonyl (C=O) groups is 2. The Morgan fingerprint density at radius 3 is 2.25 bits per heavy atom. The number of urea groups is 1. The normalized spacial score (nSPS) is 15.8. The third-order valence-electron chi connectivity index (χ3n) is 5.54. The molecule has 2 aromatic rings. The molecule has 0 bridgehead atoms. The third-order valence-corrected chi connectivity index (χ3v) is 7.14. The van der Waals surface area contributed by atoms with E-state index in [0.29, 0.717) is 37.9 Å². The van der Waals surface area contributed by atoms with Crippen LogP contribution < -0.4 is 15.4 Å². The second kappa shape index (κ2) is 10.6. The predicted octanol–water partition coefficient (Wildman–Crippen LogP) is 3.19. The molecule has 1 saturated heterocycles. The summed E-state index contributed by atoms with van der Waals surface area (Å²) in [4.78, 5) is 26.8. The topological polar surface area (TPSA) is 108 Å². The van der Waals surface area contributed by atoms with E-state index in [1.165, 1.54) is 24.3 Å². The summed E-state index contributed by atoms with van der Waals surface area (Å²) in [5.41, 5.74) is 1.15. The molecule has 3 N–H and O–H groups in total. The van der Waals surface area contributed by atoms with Gasteiger partial charge in [0.1, 0.15) is 0 Å². The average Bonchev–Trinajstić information content (AvgIpc) is 2.80. The molecular formula is C23H30N4O4S. The Balaban J connectivity index is 1.50. The van der Waals surface area contributed by atoms with Crippen molar-refractivity contribution < 1.29 is 18.0 Å². The zero-order valence-electron chi connectivity index (χ0n) is 18.4. The zero-order chi connectivity index (χ0) is 23.1. The fourth-order valence-electron chi connectivity index (χ4n) is 3.42. The second-order valence-electron chi connectivity index (χ2n) is 7.99. The van der Waals surface area contributed by atoms with Crippen molar-refractivity contribution in [2.75, 3.05) is 18.4 Å². The largest absolute Gasteiger partial charge is 0.349 e. The van der Waals surface area contributed by atoms with Crippen LogP contribution in [0.15, 0.2) is 59.5 Å². The Morgan fingerprint density at radius 2 is 1.66 bits per heavy atom. The van der Waals surface area contributed by atoms with Crippen molar-refractivity contribution in [3.05, 3.63) is 60.2 Å². The molecule has 2 aromatic carbocycles. The van der Waals surface area contributed by atoms with Crippen LogP contribution >= 0.6 is 0 Å². The Morgan fingerprint density at radius 1 is 1.03 bits per heavy atom.